The molecule has 0 radical (unpaired) electrons. The number of carbonyl (C=O) groups is 4. The van der Waals surface area contributed by atoms with Gasteiger partial charge in [0.25, 0.3) is 0 Å². The Morgan fingerprint density at radius 1 is 1.35 bits per heavy atom. The van der Waals surface area contributed by atoms with E-state index < -0.39 is 35.0 Å². The number of anilines is 1. The third kappa shape index (κ3) is 3.69. The van der Waals surface area contributed by atoms with Gasteiger partial charge in [-0.05, 0) is 18.2 Å². The second kappa shape index (κ2) is 6.80. The summed E-state index contributed by atoms with van der Waals surface area (Å²) in [5.41, 5.74) is 5.53. The Morgan fingerprint density at radius 2 is 2.04 bits per heavy atom. The van der Waals surface area contributed by atoms with E-state index in [0.29, 0.717) is 0 Å². The highest BCUT2D eigenvalue weighted by Gasteiger charge is 2.40. The van der Waals surface area contributed by atoms with E-state index in [2.05, 4.69) is 0 Å². The van der Waals surface area contributed by atoms with Crippen LogP contribution in [0.1, 0.15) is 16.8 Å². The summed E-state index contributed by atoms with van der Waals surface area (Å²) >= 11 is 1.01. The molecule has 8 nitrogen and oxygen atoms in total. The van der Waals surface area contributed by atoms with Gasteiger partial charge in [-0.1, -0.05) is 6.07 Å². The standard InChI is InChI=1S/C14H14N2O6S/c15-9(14(21)22)6-23-10-5-11(17)16(12(10)18)8-3-1-2-7(4-8)13(19)20/h1-4,9-10H,5-6,15H2,(H,19,20)(H,21,22)/t9-,10+/m0/s1. The maximum absolute atomic E-state index is 12.3. The number of nitrogens with two attached hydrogens (primary N) is 1. The van der Waals surface area contributed by atoms with Crippen LogP contribution in [-0.2, 0) is 14.4 Å². The summed E-state index contributed by atoms with van der Waals surface area (Å²) in [5.74, 6) is -3.30. The lowest BCUT2D eigenvalue weighted by Crippen LogP contribution is -2.35. The molecule has 9 heteroatoms. The first-order valence-corrected chi connectivity index (χ1v) is 7.66. The number of benzene rings is 1. The van der Waals surface area contributed by atoms with E-state index in [1.165, 1.54) is 24.3 Å². The van der Waals surface area contributed by atoms with Crippen molar-refractivity contribution in [2.75, 3.05) is 10.7 Å². The van der Waals surface area contributed by atoms with Crippen LogP contribution in [0.2, 0.25) is 0 Å². The number of carboxylic acid groups (broad SMARTS) is 2. The van der Waals surface area contributed by atoms with Gasteiger partial charge < -0.3 is 15.9 Å². The van der Waals surface area contributed by atoms with Crippen LogP contribution < -0.4 is 10.6 Å². The number of aromatic carboxylic acids is 1. The van der Waals surface area contributed by atoms with Crippen molar-refractivity contribution in [1.29, 1.82) is 0 Å². The number of imide groups is 1. The van der Waals surface area contributed by atoms with Crippen LogP contribution >= 0.6 is 11.8 Å². The number of aliphatic carboxylic acids is 1. The summed E-state index contributed by atoms with van der Waals surface area (Å²) in [6.07, 6.45) is -0.0763. The second-order valence-corrected chi connectivity index (χ2v) is 6.13. The van der Waals surface area contributed by atoms with Crippen LogP contribution in [0.3, 0.4) is 0 Å². The van der Waals surface area contributed by atoms with Crippen LogP contribution in [0, 0.1) is 0 Å². The van der Waals surface area contributed by atoms with E-state index in [4.69, 9.17) is 15.9 Å². The van der Waals surface area contributed by atoms with Crippen molar-refractivity contribution in [3.8, 4) is 0 Å². The molecular formula is C14H14N2O6S. The molecule has 1 aromatic rings. The highest BCUT2D eigenvalue weighted by Crippen LogP contribution is 2.30. The van der Waals surface area contributed by atoms with E-state index in [1.54, 1.807) is 0 Å². The smallest absolute Gasteiger partial charge is 0.335 e. The molecule has 122 valence electrons. The molecule has 0 aromatic heterocycles. The van der Waals surface area contributed by atoms with Gasteiger partial charge >= 0.3 is 11.9 Å². The van der Waals surface area contributed by atoms with Crippen molar-refractivity contribution < 1.29 is 29.4 Å². The fourth-order valence-corrected chi connectivity index (χ4v) is 3.17. The van der Waals surface area contributed by atoms with Crippen molar-refractivity contribution in [3.63, 3.8) is 0 Å². The van der Waals surface area contributed by atoms with Crippen molar-refractivity contribution in [1.82, 2.24) is 0 Å². The minimum atomic E-state index is -1.18. The lowest BCUT2D eigenvalue weighted by Gasteiger charge is -2.15. The van der Waals surface area contributed by atoms with E-state index in [-0.39, 0.29) is 23.4 Å². The van der Waals surface area contributed by atoms with Crippen LogP contribution in [0.25, 0.3) is 0 Å². The number of carbonyl (C=O) groups excluding carboxylic acids is 2. The van der Waals surface area contributed by atoms with Gasteiger partial charge in [-0.25, -0.2) is 9.69 Å². The third-order valence-electron chi connectivity index (χ3n) is 3.25. The highest BCUT2D eigenvalue weighted by atomic mass is 32.2. The monoisotopic (exact) mass is 338 g/mol. The minimum Gasteiger partial charge on any atom is -0.480 e. The number of thioether (sulfide) groups is 1. The topological polar surface area (TPSA) is 138 Å². The third-order valence-corrected chi connectivity index (χ3v) is 4.57. The molecule has 1 saturated heterocycles. The molecule has 2 atom stereocenters. The van der Waals surface area contributed by atoms with Crippen LogP contribution in [0.5, 0.6) is 0 Å². The zero-order valence-electron chi connectivity index (χ0n) is 11.8. The lowest BCUT2D eigenvalue weighted by atomic mass is 10.2. The molecule has 1 heterocycles. The predicted octanol–water partition coefficient (Wildman–Crippen LogP) is 0.162. The first kappa shape index (κ1) is 17.0. The highest BCUT2D eigenvalue weighted by molar-refractivity contribution is 8.00. The normalized spacial score (nSPS) is 19.0. The molecule has 0 spiro atoms. The van der Waals surface area contributed by atoms with Gasteiger partial charge in [-0.15, -0.1) is 11.8 Å². The second-order valence-electron chi connectivity index (χ2n) is 4.89. The summed E-state index contributed by atoms with van der Waals surface area (Å²) in [6, 6.07) is 4.40. The van der Waals surface area contributed by atoms with E-state index >= 15 is 0 Å². The largest absolute Gasteiger partial charge is 0.480 e. The zero-order valence-corrected chi connectivity index (χ0v) is 12.7. The molecular weight excluding hydrogens is 324 g/mol. The lowest BCUT2D eigenvalue weighted by molar-refractivity contribution is -0.138. The van der Waals surface area contributed by atoms with Crippen LogP contribution in [-0.4, -0.2) is 51.0 Å². The molecule has 0 bridgehead atoms. The maximum Gasteiger partial charge on any atom is 0.335 e. The number of hydrogen-bond acceptors (Lipinski definition) is 6. The Morgan fingerprint density at radius 3 is 2.65 bits per heavy atom. The molecule has 1 aromatic carbocycles. The van der Waals surface area contributed by atoms with Gasteiger partial charge in [-0.3, -0.25) is 14.4 Å². The van der Waals surface area contributed by atoms with Gasteiger partial charge in [0.05, 0.1) is 16.5 Å². The average Bonchev–Trinajstić information content (AvgIpc) is 2.79. The predicted molar refractivity (Wildman–Crippen MR) is 82.4 cm³/mol. The van der Waals surface area contributed by atoms with Gasteiger partial charge in [-0.2, -0.15) is 0 Å². The molecule has 0 aliphatic carbocycles. The first-order chi connectivity index (χ1) is 10.8. The summed E-state index contributed by atoms with van der Waals surface area (Å²) in [5, 5.41) is 17.0. The summed E-state index contributed by atoms with van der Waals surface area (Å²) in [7, 11) is 0. The Balaban J connectivity index is 2.14. The fraction of sp³-hybridized carbons (Fsp3) is 0.286. The van der Waals surface area contributed by atoms with Crippen molar-refractivity contribution >= 4 is 41.2 Å². The van der Waals surface area contributed by atoms with E-state index in [9.17, 15) is 19.2 Å². The Kier molecular flexibility index (Phi) is 5.02. The Labute approximate surface area is 135 Å². The summed E-state index contributed by atoms with van der Waals surface area (Å²) in [6.45, 7) is 0. The molecule has 2 rings (SSSR count). The SMILES string of the molecule is N[C@@H](CS[C@@H]1CC(=O)N(c2cccc(C(=O)O)c2)C1=O)C(=O)O. The van der Waals surface area contributed by atoms with Gasteiger partial charge in [0, 0.05) is 12.2 Å². The number of nitrogens with zero attached hydrogens (tertiary/aromatic N) is 1. The minimum absolute atomic E-state index is 0.00201. The van der Waals surface area contributed by atoms with E-state index in [1.807, 2.05) is 0 Å². The number of amides is 2. The number of carboxylic acids is 2. The van der Waals surface area contributed by atoms with Crippen molar-refractivity contribution in [3.05, 3.63) is 29.8 Å². The maximum atomic E-state index is 12.3. The van der Waals surface area contributed by atoms with Crippen LogP contribution in [0.4, 0.5) is 5.69 Å². The molecule has 0 unspecified atom stereocenters. The average molecular weight is 338 g/mol. The number of rotatable bonds is 6. The first-order valence-electron chi connectivity index (χ1n) is 6.61. The van der Waals surface area contributed by atoms with Gasteiger partial charge in [0.15, 0.2) is 0 Å². The Hall–Kier alpha value is -2.39. The summed E-state index contributed by atoms with van der Waals surface area (Å²) < 4.78 is 0. The zero-order chi connectivity index (χ0) is 17.1. The molecule has 1 aliphatic rings. The molecule has 2 amide bonds. The molecule has 0 saturated carbocycles. The quantitative estimate of drug-likeness (QED) is 0.624. The number of hydrogen-bond donors (Lipinski definition) is 3. The summed E-state index contributed by atoms with van der Waals surface area (Å²) in [4.78, 5) is 47.0. The van der Waals surface area contributed by atoms with E-state index in [0.717, 1.165) is 16.7 Å². The van der Waals surface area contributed by atoms with Crippen molar-refractivity contribution in [2.24, 2.45) is 5.73 Å². The molecule has 23 heavy (non-hydrogen) atoms. The fourth-order valence-electron chi connectivity index (χ4n) is 2.07. The van der Waals surface area contributed by atoms with Gasteiger partial charge in [0.2, 0.25) is 11.8 Å². The Bertz CT molecular complexity index is 677. The molecule has 4 N–H and O–H groups in total. The van der Waals surface area contributed by atoms with Gasteiger partial charge in [0.1, 0.15) is 6.04 Å². The molecule has 1 fully saturated rings. The van der Waals surface area contributed by atoms with Crippen molar-refractivity contribution in [2.45, 2.75) is 17.7 Å². The van der Waals surface area contributed by atoms with Crippen LogP contribution in [0.15, 0.2) is 24.3 Å². The molecule has 1 aliphatic heterocycles.